The van der Waals surface area contributed by atoms with Gasteiger partial charge in [-0.2, -0.15) is 0 Å². The van der Waals surface area contributed by atoms with E-state index in [1.165, 1.54) is 18.2 Å². The molecule has 4 rings (SSSR count). The Hall–Kier alpha value is -3.80. The Bertz CT molecular complexity index is 1230. The van der Waals surface area contributed by atoms with Crippen LogP contribution in [0.2, 0.25) is 0 Å². The molecule has 0 spiro atoms. The summed E-state index contributed by atoms with van der Waals surface area (Å²) in [5.74, 6) is -0.749. The molecule has 29 heavy (non-hydrogen) atoms. The Kier molecular flexibility index (Phi) is 5.16. The van der Waals surface area contributed by atoms with Gasteiger partial charge in [0.2, 0.25) is 0 Å². The Balaban J connectivity index is 1.42. The van der Waals surface area contributed by atoms with Gasteiger partial charge in [0, 0.05) is 29.6 Å². The topological polar surface area (TPSA) is 63.2 Å². The number of halogens is 1. The van der Waals surface area contributed by atoms with Gasteiger partial charge in [-0.05, 0) is 29.8 Å². The number of aromatic nitrogens is 1. The van der Waals surface area contributed by atoms with Gasteiger partial charge in [-0.1, -0.05) is 30.3 Å². The monoisotopic (exact) mass is 389 g/mol. The molecule has 0 fully saturated rings. The molecule has 1 N–H and O–H groups in total. The molecule has 0 aliphatic heterocycles. The van der Waals surface area contributed by atoms with E-state index in [-0.39, 0.29) is 17.9 Å². The summed E-state index contributed by atoms with van der Waals surface area (Å²) >= 11 is 0. The third-order valence-electron chi connectivity index (χ3n) is 4.55. The summed E-state index contributed by atoms with van der Waals surface area (Å²) in [5, 5.41) is 3.43. The van der Waals surface area contributed by atoms with Crippen LogP contribution in [0.4, 0.5) is 4.39 Å². The molecule has 1 amide bonds. The molecule has 0 aliphatic rings. The first kappa shape index (κ1) is 18.6. The van der Waals surface area contributed by atoms with Crippen molar-refractivity contribution in [1.29, 1.82) is 0 Å². The van der Waals surface area contributed by atoms with Gasteiger partial charge in [-0.3, -0.25) is 4.79 Å². The van der Waals surface area contributed by atoms with Gasteiger partial charge >= 0.3 is 5.63 Å². The summed E-state index contributed by atoms with van der Waals surface area (Å²) in [4.78, 5) is 24.5. The van der Waals surface area contributed by atoms with Crippen LogP contribution in [0.1, 0.15) is 21.5 Å². The molecule has 4 aromatic rings. The quantitative estimate of drug-likeness (QED) is 0.421. The highest BCUT2D eigenvalue weighted by atomic mass is 19.1. The first-order chi connectivity index (χ1) is 14.1. The van der Waals surface area contributed by atoms with Gasteiger partial charge in [0.05, 0.1) is 0 Å². The van der Waals surface area contributed by atoms with Crippen LogP contribution in [-0.2, 0) is 13.1 Å². The number of carbonyl (C=O) groups excluding carboxylic acids is 1. The van der Waals surface area contributed by atoms with Crippen molar-refractivity contribution in [3.8, 4) is 0 Å². The Labute approximate surface area is 166 Å². The lowest BCUT2D eigenvalue weighted by molar-refractivity contribution is -0.688. The molecule has 5 nitrogen and oxygen atoms in total. The first-order valence-electron chi connectivity index (χ1n) is 9.12. The van der Waals surface area contributed by atoms with Gasteiger partial charge in [-0.25, -0.2) is 13.8 Å². The number of rotatable bonds is 5. The Morgan fingerprint density at radius 3 is 2.55 bits per heavy atom. The van der Waals surface area contributed by atoms with Gasteiger partial charge in [0.25, 0.3) is 5.91 Å². The molecular weight excluding hydrogens is 371 g/mol. The minimum Gasteiger partial charge on any atom is -0.422 e. The van der Waals surface area contributed by atoms with E-state index in [1.54, 1.807) is 24.3 Å². The van der Waals surface area contributed by atoms with E-state index in [1.807, 2.05) is 41.2 Å². The normalized spacial score (nSPS) is 10.8. The minimum absolute atomic E-state index is 0.0270. The Morgan fingerprint density at radius 1 is 0.966 bits per heavy atom. The second-order valence-corrected chi connectivity index (χ2v) is 6.68. The number of nitrogens with one attached hydrogen (secondary N) is 1. The summed E-state index contributed by atoms with van der Waals surface area (Å²) in [7, 11) is 0. The second-order valence-electron chi connectivity index (χ2n) is 6.68. The zero-order valence-corrected chi connectivity index (χ0v) is 15.5. The van der Waals surface area contributed by atoms with Crippen molar-refractivity contribution in [1.82, 2.24) is 5.32 Å². The van der Waals surface area contributed by atoms with Gasteiger partial charge in [-0.15, -0.1) is 0 Å². The highest BCUT2D eigenvalue weighted by molar-refractivity contribution is 5.96. The van der Waals surface area contributed by atoms with Gasteiger partial charge in [0.15, 0.2) is 18.9 Å². The minimum atomic E-state index is -0.665. The number of benzene rings is 2. The average Bonchev–Trinajstić information content (AvgIpc) is 2.72. The molecule has 2 aromatic heterocycles. The van der Waals surface area contributed by atoms with E-state index >= 15 is 0 Å². The average molecular weight is 389 g/mol. The van der Waals surface area contributed by atoms with Crippen LogP contribution in [0.25, 0.3) is 11.0 Å². The number of hydrogen-bond donors (Lipinski definition) is 1. The molecule has 6 heteroatoms. The molecule has 144 valence electrons. The molecule has 0 saturated carbocycles. The molecule has 2 heterocycles. The lowest BCUT2D eigenvalue weighted by atomic mass is 10.1. The van der Waals surface area contributed by atoms with E-state index in [2.05, 4.69) is 5.32 Å². The van der Waals surface area contributed by atoms with E-state index < -0.39 is 11.5 Å². The lowest BCUT2D eigenvalue weighted by Gasteiger charge is -2.05. The highest BCUT2D eigenvalue weighted by Gasteiger charge is 2.13. The number of nitrogens with zero attached hydrogens (tertiary/aromatic N) is 1. The van der Waals surface area contributed by atoms with Crippen molar-refractivity contribution in [3.63, 3.8) is 0 Å². The van der Waals surface area contributed by atoms with Crippen molar-refractivity contribution >= 4 is 16.9 Å². The lowest BCUT2D eigenvalue weighted by Crippen LogP contribution is -2.34. The summed E-state index contributed by atoms with van der Waals surface area (Å²) in [6.07, 6.45) is 3.72. The number of hydrogen-bond acceptors (Lipinski definition) is 3. The van der Waals surface area contributed by atoms with E-state index in [9.17, 15) is 14.0 Å². The predicted octanol–water partition coefficient (Wildman–Crippen LogP) is 3.20. The molecule has 2 aromatic carbocycles. The fraction of sp³-hybridized carbons (Fsp3) is 0.0870. The van der Waals surface area contributed by atoms with E-state index in [0.717, 1.165) is 11.1 Å². The number of amides is 1. The third-order valence-corrected chi connectivity index (χ3v) is 4.55. The number of carbonyl (C=O) groups is 1. The summed E-state index contributed by atoms with van der Waals surface area (Å²) < 4.78 is 20.4. The maximum atomic E-state index is 13.3. The van der Waals surface area contributed by atoms with Crippen molar-refractivity contribution in [2.24, 2.45) is 0 Å². The van der Waals surface area contributed by atoms with Crippen LogP contribution in [0, 0.1) is 5.82 Å². The van der Waals surface area contributed by atoms with Crippen LogP contribution in [0.3, 0.4) is 0 Å². The van der Waals surface area contributed by atoms with Crippen LogP contribution >= 0.6 is 0 Å². The smallest absolute Gasteiger partial charge is 0.349 e. The molecule has 0 radical (unpaired) electrons. The zero-order valence-electron chi connectivity index (χ0n) is 15.5. The summed E-state index contributed by atoms with van der Waals surface area (Å²) in [6.45, 7) is 0.814. The summed E-state index contributed by atoms with van der Waals surface area (Å²) in [5.41, 5.74) is 1.49. The second kappa shape index (κ2) is 8.06. The van der Waals surface area contributed by atoms with E-state index in [0.29, 0.717) is 17.5 Å². The van der Waals surface area contributed by atoms with Crippen LogP contribution in [-0.4, -0.2) is 5.91 Å². The van der Waals surface area contributed by atoms with Crippen LogP contribution in [0.15, 0.2) is 88.3 Å². The molecule has 0 aliphatic carbocycles. The standard InChI is InChI=1S/C23H17FN2O3/c24-19-6-3-4-17(12-19)15-26-10-8-16(9-11-26)14-25-22(27)20-13-18-5-1-2-7-21(18)29-23(20)28/h1-13H,14-15H2/p+1. The van der Waals surface area contributed by atoms with Crippen molar-refractivity contribution < 1.29 is 18.2 Å². The molecule has 0 unspecified atom stereocenters. The van der Waals surface area contributed by atoms with Gasteiger partial charge in [0.1, 0.15) is 17.0 Å². The number of pyridine rings is 1. The maximum Gasteiger partial charge on any atom is 0.349 e. The predicted molar refractivity (Wildman–Crippen MR) is 106 cm³/mol. The molecule has 0 bridgehead atoms. The summed E-state index contributed by atoms with van der Waals surface area (Å²) in [6, 6.07) is 18.8. The van der Waals surface area contributed by atoms with Crippen LogP contribution < -0.4 is 15.5 Å². The van der Waals surface area contributed by atoms with E-state index in [4.69, 9.17) is 4.42 Å². The zero-order chi connectivity index (χ0) is 20.2. The van der Waals surface area contributed by atoms with Crippen molar-refractivity contribution in [2.45, 2.75) is 13.1 Å². The van der Waals surface area contributed by atoms with Crippen LogP contribution in [0.5, 0.6) is 0 Å². The fourth-order valence-corrected chi connectivity index (χ4v) is 3.06. The SMILES string of the molecule is O=C(NCc1cc[n+](Cc2cccc(F)c2)cc1)c1cc2ccccc2oc1=O. The highest BCUT2D eigenvalue weighted by Crippen LogP contribution is 2.12. The largest absolute Gasteiger partial charge is 0.422 e. The maximum absolute atomic E-state index is 13.3. The molecular formula is C23H18FN2O3+. The van der Waals surface area contributed by atoms with Crippen molar-refractivity contribution in [2.75, 3.05) is 0 Å². The molecule has 0 atom stereocenters. The molecule has 0 saturated heterocycles. The van der Waals surface area contributed by atoms with Crippen molar-refractivity contribution in [3.05, 3.63) is 112 Å². The fourth-order valence-electron chi connectivity index (χ4n) is 3.06. The first-order valence-corrected chi connectivity index (χ1v) is 9.12. The number of fused-ring (bicyclic) bond motifs is 1. The van der Waals surface area contributed by atoms with Gasteiger partial charge < -0.3 is 9.73 Å². The Morgan fingerprint density at radius 2 is 1.76 bits per heavy atom. The third kappa shape index (κ3) is 4.38. The number of para-hydroxylation sites is 1.